The summed E-state index contributed by atoms with van der Waals surface area (Å²) < 4.78 is 5.29. The Balaban J connectivity index is 1.62. The molecule has 106 valence electrons. The van der Waals surface area contributed by atoms with E-state index < -0.39 is 11.8 Å². The van der Waals surface area contributed by atoms with Gasteiger partial charge < -0.3 is 20.7 Å². The number of benzene rings is 1. The summed E-state index contributed by atoms with van der Waals surface area (Å²) in [5.74, 6) is -0.113. The number of fused-ring (bicyclic) bond motifs is 1. The maximum atomic E-state index is 12.1. The van der Waals surface area contributed by atoms with E-state index >= 15 is 0 Å². The van der Waals surface area contributed by atoms with Gasteiger partial charge in [-0.3, -0.25) is 4.79 Å². The molecule has 6 nitrogen and oxygen atoms in total. The van der Waals surface area contributed by atoms with Gasteiger partial charge in [0, 0.05) is 13.0 Å². The lowest BCUT2D eigenvalue weighted by Gasteiger charge is -2.27. The molecule has 0 aliphatic carbocycles. The number of carbonyl (C=O) groups excluding carboxylic acids is 2. The summed E-state index contributed by atoms with van der Waals surface area (Å²) in [6.45, 7) is 0.733. The van der Waals surface area contributed by atoms with E-state index in [1.807, 2.05) is 30.3 Å². The fourth-order valence-electron chi connectivity index (χ4n) is 2.85. The highest BCUT2D eigenvalue weighted by Gasteiger charge is 2.53. The lowest BCUT2D eigenvalue weighted by atomic mass is 10.0. The van der Waals surface area contributed by atoms with E-state index in [-0.39, 0.29) is 25.0 Å². The number of amides is 2. The molecule has 2 saturated heterocycles. The molecule has 0 saturated carbocycles. The van der Waals surface area contributed by atoms with Crippen LogP contribution in [0.4, 0.5) is 4.79 Å². The minimum atomic E-state index is -0.789. The van der Waals surface area contributed by atoms with Gasteiger partial charge >= 0.3 is 6.09 Å². The van der Waals surface area contributed by atoms with Crippen molar-refractivity contribution in [2.45, 2.75) is 31.2 Å². The number of rotatable bonds is 2. The Labute approximate surface area is 116 Å². The van der Waals surface area contributed by atoms with E-state index in [9.17, 15) is 9.59 Å². The van der Waals surface area contributed by atoms with Crippen LogP contribution in [-0.4, -0.2) is 35.1 Å². The quantitative estimate of drug-likeness (QED) is 0.826. The standard InChI is InChI=1S/C14H17N3O3/c15-14-6-7-17(11(14)8-12(18)16-14)13(19)20-9-10-4-2-1-3-5-10/h1-5,11H,6-9,15H2,(H,16,18). The Morgan fingerprint density at radius 3 is 2.95 bits per heavy atom. The van der Waals surface area contributed by atoms with Crippen LogP contribution in [0, 0.1) is 0 Å². The van der Waals surface area contributed by atoms with Gasteiger partial charge in [0.15, 0.2) is 0 Å². The summed E-state index contributed by atoms with van der Waals surface area (Å²) in [6, 6.07) is 9.17. The summed E-state index contributed by atoms with van der Waals surface area (Å²) in [6.07, 6.45) is 0.392. The fraction of sp³-hybridized carbons (Fsp3) is 0.429. The molecule has 0 aromatic heterocycles. The fourth-order valence-corrected chi connectivity index (χ4v) is 2.85. The van der Waals surface area contributed by atoms with Gasteiger partial charge in [0.25, 0.3) is 0 Å². The number of nitrogens with one attached hydrogen (secondary N) is 1. The number of hydrogen-bond donors (Lipinski definition) is 2. The third-order valence-electron chi connectivity index (χ3n) is 3.93. The van der Waals surface area contributed by atoms with Crippen LogP contribution in [0.25, 0.3) is 0 Å². The lowest BCUT2D eigenvalue weighted by molar-refractivity contribution is -0.120. The third kappa shape index (κ3) is 2.22. The molecule has 2 heterocycles. The monoisotopic (exact) mass is 275 g/mol. The van der Waals surface area contributed by atoms with Gasteiger partial charge in [0.1, 0.15) is 12.3 Å². The molecule has 2 aliphatic heterocycles. The molecule has 0 radical (unpaired) electrons. The van der Waals surface area contributed by atoms with E-state index in [1.54, 1.807) is 4.90 Å². The van der Waals surface area contributed by atoms with Crippen molar-refractivity contribution in [2.75, 3.05) is 6.54 Å². The van der Waals surface area contributed by atoms with Crippen molar-refractivity contribution >= 4 is 12.0 Å². The van der Waals surface area contributed by atoms with E-state index in [1.165, 1.54) is 0 Å². The van der Waals surface area contributed by atoms with Gasteiger partial charge in [-0.2, -0.15) is 0 Å². The third-order valence-corrected chi connectivity index (χ3v) is 3.93. The molecule has 20 heavy (non-hydrogen) atoms. The molecular formula is C14H17N3O3. The number of likely N-dealkylation sites (tertiary alicyclic amines) is 1. The van der Waals surface area contributed by atoms with Crippen LogP contribution in [0.3, 0.4) is 0 Å². The maximum Gasteiger partial charge on any atom is 0.410 e. The normalized spacial score (nSPS) is 28.1. The summed E-state index contributed by atoms with van der Waals surface area (Å²) in [4.78, 5) is 25.1. The van der Waals surface area contributed by atoms with Crippen molar-refractivity contribution in [3.63, 3.8) is 0 Å². The summed E-state index contributed by atoms with van der Waals surface area (Å²) in [5, 5.41) is 2.74. The lowest BCUT2D eigenvalue weighted by Crippen LogP contribution is -2.56. The summed E-state index contributed by atoms with van der Waals surface area (Å²) in [7, 11) is 0. The van der Waals surface area contributed by atoms with Crippen molar-refractivity contribution < 1.29 is 14.3 Å². The van der Waals surface area contributed by atoms with E-state index in [2.05, 4.69) is 5.32 Å². The van der Waals surface area contributed by atoms with Crippen LogP contribution in [0.1, 0.15) is 18.4 Å². The molecular weight excluding hydrogens is 258 g/mol. The molecule has 3 rings (SSSR count). The van der Waals surface area contributed by atoms with Crippen LogP contribution in [0.5, 0.6) is 0 Å². The SMILES string of the molecule is NC12CCN(C(=O)OCc3ccccc3)C1CC(=O)N2. The Hall–Kier alpha value is -2.08. The summed E-state index contributed by atoms with van der Waals surface area (Å²) in [5.41, 5.74) is 6.25. The van der Waals surface area contributed by atoms with Crippen LogP contribution in [0.15, 0.2) is 30.3 Å². The van der Waals surface area contributed by atoms with Gasteiger partial charge in [0.05, 0.1) is 12.5 Å². The second-order valence-electron chi connectivity index (χ2n) is 5.29. The number of ether oxygens (including phenoxy) is 1. The van der Waals surface area contributed by atoms with Gasteiger partial charge in [0.2, 0.25) is 5.91 Å². The van der Waals surface area contributed by atoms with E-state index in [0.717, 1.165) is 5.56 Å². The molecule has 3 N–H and O–H groups in total. The molecule has 2 amide bonds. The van der Waals surface area contributed by atoms with Crippen LogP contribution < -0.4 is 11.1 Å². The molecule has 1 aromatic rings. The Morgan fingerprint density at radius 2 is 2.20 bits per heavy atom. The molecule has 0 bridgehead atoms. The first-order valence-electron chi connectivity index (χ1n) is 6.66. The second kappa shape index (κ2) is 4.79. The Bertz CT molecular complexity index is 534. The van der Waals surface area contributed by atoms with Crippen LogP contribution in [-0.2, 0) is 16.1 Å². The number of carbonyl (C=O) groups is 2. The molecule has 2 aliphatic rings. The first-order valence-corrected chi connectivity index (χ1v) is 6.66. The average Bonchev–Trinajstić information content (AvgIpc) is 2.89. The van der Waals surface area contributed by atoms with Crippen molar-refractivity contribution in [2.24, 2.45) is 5.73 Å². The number of hydrogen-bond acceptors (Lipinski definition) is 4. The number of nitrogens with two attached hydrogens (primary N) is 1. The molecule has 2 fully saturated rings. The highest BCUT2D eigenvalue weighted by molar-refractivity contribution is 5.82. The van der Waals surface area contributed by atoms with Crippen LogP contribution >= 0.6 is 0 Å². The first-order chi connectivity index (χ1) is 9.58. The molecule has 6 heteroatoms. The van der Waals surface area contributed by atoms with Crippen molar-refractivity contribution in [3.8, 4) is 0 Å². The van der Waals surface area contributed by atoms with Crippen molar-refractivity contribution in [3.05, 3.63) is 35.9 Å². The molecule has 2 atom stereocenters. The predicted molar refractivity (Wildman–Crippen MR) is 71.4 cm³/mol. The second-order valence-corrected chi connectivity index (χ2v) is 5.29. The van der Waals surface area contributed by atoms with Crippen LogP contribution in [0.2, 0.25) is 0 Å². The molecule has 0 spiro atoms. The maximum absolute atomic E-state index is 12.1. The zero-order valence-electron chi connectivity index (χ0n) is 11.0. The summed E-state index contributed by atoms with van der Waals surface area (Å²) >= 11 is 0. The minimum Gasteiger partial charge on any atom is -0.445 e. The minimum absolute atomic E-state index is 0.113. The van der Waals surface area contributed by atoms with E-state index in [0.29, 0.717) is 13.0 Å². The largest absolute Gasteiger partial charge is 0.445 e. The van der Waals surface area contributed by atoms with E-state index in [4.69, 9.17) is 10.5 Å². The predicted octanol–water partition coefficient (Wildman–Crippen LogP) is 0.572. The molecule has 1 aromatic carbocycles. The van der Waals surface area contributed by atoms with Gasteiger partial charge in [-0.1, -0.05) is 30.3 Å². The van der Waals surface area contributed by atoms with Gasteiger partial charge in [-0.05, 0) is 5.56 Å². The van der Waals surface area contributed by atoms with Gasteiger partial charge in [-0.25, -0.2) is 4.79 Å². The first kappa shape index (κ1) is 12.9. The van der Waals surface area contributed by atoms with Crippen molar-refractivity contribution in [1.29, 1.82) is 0 Å². The smallest absolute Gasteiger partial charge is 0.410 e. The Morgan fingerprint density at radius 1 is 1.45 bits per heavy atom. The highest BCUT2D eigenvalue weighted by Crippen LogP contribution is 2.31. The zero-order valence-corrected chi connectivity index (χ0v) is 11.0. The van der Waals surface area contributed by atoms with Gasteiger partial charge in [-0.15, -0.1) is 0 Å². The highest BCUT2D eigenvalue weighted by atomic mass is 16.6. The topological polar surface area (TPSA) is 84.7 Å². The number of nitrogens with zero attached hydrogens (tertiary/aromatic N) is 1. The average molecular weight is 275 g/mol. The molecule has 2 unspecified atom stereocenters. The van der Waals surface area contributed by atoms with Crippen molar-refractivity contribution in [1.82, 2.24) is 10.2 Å². The Kier molecular flexibility index (Phi) is 3.10. The zero-order chi connectivity index (χ0) is 14.2.